The normalized spacial score (nSPS) is 14.8. The first-order chi connectivity index (χ1) is 59.8. The summed E-state index contributed by atoms with van der Waals surface area (Å²) in [5.41, 5.74) is 20.9. The van der Waals surface area contributed by atoms with E-state index in [9.17, 15) is 72.9 Å². The van der Waals surface area contributed by atoms with Crippen LogP contribution in [0.2, 0.25) is 0 Å². The first-order valence-electron chi connectivity index (χ1n) is 42.2. The Morgan fingerprint density at radius 1 is 0.416 bits per heavy atom. The summed E-state index contributed by atoms with van der Waals surface area (Å²) in [5, 5.41) is 65.9. The average Bonchev–Trinajstić information content (AvgIpc) is 1.72. The van der Waals surface area contributed by atoms with E-state index in [2.05, 4.69) is 74.1 Å². The number of rotatable bonds is 56. The third-order valence-electron chi connectivity index (χ3n) is 21.1. The Hall–Kier alpha value is -12.1. The van der Waals surface area contributed by atoms with Gasteiger partial charge in [-0.3, -0.25) is 71.9 Å². The van der Waals surface area contributed by atoms with E-state index in [1.807, 2.05) is 20.1 Å². The lowest BCUT2D eigenvalue weighted by Gasteiger charge is -2.29. The molecule has 678 valence electrons. The number of amides is 14. The molecule has 6 rings (SSSR count). The van der Waals surface area contributed by atoms with Gasteiger partial charge in [0.1, 0.15) is 72.5 Å². The number of nitrogens with one attached hydrogen (secondary N) is 14. The van der Waals surface area contributed by atoms with Gasteiger partial charge >= 0.3 is 5.97 Å². The van der Waals surface area contributed by atoms with Crippen molar-refractivity contribution in [3.8, 4) is 0 Å². The van der Waals surface area contributed by atoms with Crippen molar-refractivity contribution >= 4 is 111 Å². The molecular formula is C89H123N17O18S. The molecule has 0 saturated carbocycles. The SMILES string of the molecule is CCC(C)C[C@H](NC(=O)[C@H](Cc1ccccc1)NC(=O)[C@H](CCCCN)NC(=O)[C@H](CCCCN)NC(=O)[C@H](CCC(=O)O)NC(=O)[C@H](CO)NC(=O)[C@H](Cc1ccccc1)NC(=O)[C@H](Cc1ccccc1)NC(=O)[C@H](C)NC(=O)[C@@H](C)CCSC)C(=O)N[C@@H](Cc1c[nH]c2ccccc12)C(=O)NCC(=O)N[C@@H](Cc1ccccc1)C(=O)N[C@H](C(N)=O)[C@@H](C)O. The number of thioether (sulfide) groups is 1. The fraction of sp³-hybridized carbons (Fsp3) is 0.472. The number of carboxylic acid groups (broad SMARTS) is 1. The lowest BCUT2D eigenvalue weighted by molar-refractivity contribution is -0.139. The Labute approximate surface area is 731 Å². The van der Waals surface area contributed by atoms with Crippen LogP contribution >= 0.6 is 11.8 Å². The minimum atomic E-state index is -1.88. The molecule has 0 spiro atoms. The number of carboxylic acids is 1. The molecule has 125 heavy (non-hydrogen) atoms. The van der Waals surface area contributed by atoms with Crippen molar-refractivity contribution in [3.05, 3.63) is 180 Å². The first-order valence-corrected chi connectivity index (χ1v) is 43.6. The number of aliphatic carboxylic acids is 1. The number of carbonyl (C=O) groups is 15. The highest BCUT2D eigenvalue weighted by atomic mass is 32.2. The number of aromatic amines is 1. The second-order valence-corrected chi connectivity index (χ2v) is 32.2. The Balaban J connectivity index is 1.23. The van der Waals surface area contributed by atoms with Gasteiger partial charge in [-0.1, -0.05) is 167 Å². The van der Waals surface area contributed by atoms with Crippen LogP contribution in [0.25, 0.3) is 10.9 Å². The molecule has 0 fully saturated rings. The van der Waals surface area contributed by atoms with Crippen molar-refractivity contribution in [2.45, 2.75) is 216 Å². The molecule has 1 unspecified atom stereocenters. The van der Waals surface area contributed by atoms with Crippen LogP contribution in [-0.2, 0) is 104 Å². The molecule has 0 aliphatic carbocycles. The fourth-order valence-electron chi connectivity index (χ4n) is 13.6. The van der Waals surface area contributed by atoms with Crippen molar-refractivity contribution in [1.82, 2.24) is 74.1 Å². The smallest absolute Gasteiger partial charge is 0.303 e. The third kappa shape index (κ3) is 35.2. The van der Waals surface area contributed by atoms with Crippen molar-refractivity contribution in [3.63, 3.8) is 0 Å². The fourth-order valence-corrected chi connectivity index (χ4v) is 14.2. The lowest BCUT2D eigenvalue weighted by atomic mass is 9.97. The molecule has 0 aliphatic heterocycles. The van der Waals surface area contributed by atoms with Crippen LogP contribution < -0.4 is 86.3 Å². The van der Waals surface area contributed by atoms with E-state index >= 15 is 14.4 Å². The van der Waals surface area contributed by atoms with Gasteiger partial charge in [0, 0.05) is 61.5 Å². The molecule has 23 N–H and O–H groups in total. The van der Waals surface area contributed by atoms with E-state index in [0.717, 1.165) is 0 Å². The minimum absolute atomic E-state index is 0.00404. The van der Waals surface area contributed by atoms with Crippen LogP contribution in [0.3, 0.4) is 0 Å². The van der Waals surface area contributed by atoms with E-state index < -0.39 is 193 Å². The number of aliphatic hydroxyl groups is 2. The van der Waals surface area contributed by atoms with E-state index in [1.54, 1.807) is 170 Å². The van der Waals surface area contributed by atoms with Gasteiger partial charge in [0.15, 0.2) is 0 Å². The Kier molecular flexibility index (Phi) is 43.8. The molecule has 14 amide bonds. The Bertz CT molecular complexity index is 4510. The molecule has 15 atom stereocenters. The third-order valence-corrected chi connectivity index (χ3v) is 21.7. The standard InChI is InChI=1S/C89H123N17O18S/c1-7-53(2)44-67(84(119)104-72(49-61-50-93-63-35-21-20-34-62(61)63)80(115)94-51-74(109)96-68(45-57-26-12-8-13-27-57)88(123)106-76(56(5)108)77(92)112)101-86(121)70(47-59-30-16-10-17-31-59)102-82(117)65(37-23-25-42-91)97-81(116)64(36-22-24-41-90)98-83(118)66(38-39-75(110)111)99-89(124)73(52-107)105-87(122)71(48-60-32-18-11-19-33-60)103-85(120)69(46-58-28-14-9-15-29-58)100-79(114)55(4)95-78(113)54(3)40-43-125-6/h8-21,26-35,50,53-56,64-73,76,93,107-108H,7,22-25,36-49,51-52,90-91H2,1-6H3,(H2,92,112)(H,94,115)(H,95,113)(H,96,109)(H,97,116)(H,98,118)(H,99,124)(H,100,114)(H,101,121)(H,102,117)(H,103,120)(H,104,119)(H,105,122)(H,106,123)(H,110,111)/t53?,54-,55-,56+,64-,65-,66-,67-,68-,69-,70-,71-,72-,73-,76-/m0/s1. The molecule has 5 aromatic carbocycles. The highest BCUT2D eigenvalue weighted by Gasteiger charge is 2.38. The zero-order chi connectivity index (χ0) is 91.5. The number of H-pyrrole nitrogens is 1. The number of nitrogens with two attached hydrogens (primary N) is 3. The number of fused-ring (bicyclic) bond motifs is 1. The Morgan fingerprint density at radius 2 is 0.792 bits per heavy atom. The van der Waals surface area contributed by atoms with Crippen molar-refractivity contribution in [1.29, 1.82) is 0 Å². The number of hydrogen-bond donors (Lipinski definition) is 20. The number of carbonyl (C=O) groups excluding carboxylic acids is 14. The molecule has 1 heterocycles. The lowest BCUT2D eigenvalue weighted by Crippen LogP contribution is -2.61. The summed E-state index contributed by atoms with van der Waals surface area (Å²) in [7, 11) is 0. The summed E-state index contributed by atoms with van der Waals surface area (Å²) in [4.78, 5) is 215. The van der Waals surface area contributed by atoms with Crippen LogP contribution in [0, 0.1) is 11.8 Å². The summed E-state index contributed by atoms with van der Waals surface area (Å²) >= 11 is 1.56. The van der Waals surface area contributed by atoms with Crippen molar-refractivity contribution < 1.29 is 87.2 Å². The number of aliphatic hydroxyl groups excluding tert-OH is 2. The molecular weight excluding hydrogens is 1630 g/mol. The molecule has 36 heteroatoms. The van der Waals surface area contributed by atoms with E-state index in [1.165, 1.54) is 13.8 Å². The molecule has 0 radical (unpaired) electrons. The maximum atomic E-state index is 15.2. The van der Waals surface area contributed by atoms with Gasteiger partial charge in [0.25, 0.3) is 0 Å². The summed E-state index contributed by atoms with van der Waals surface area (Å²) in [6.07, 6.45) is 2.04. The quantitative estimate of drug-likeness (QED) is 0.0230. The monoisotopic (exact) mass is 1750 g/mol. The Morgan fingerprint density at radius 3 is 1.22 bits per heavy atom. The van der Waals surface area contributed by atoms with Crippen LogP contribution in [0.5, 0.6) is 0 Å². The molecule has 6 aromatic rings. The summed E-state index contributed by atoms with van der Waals surface area (Å²) in [6.45, 7) is 6.61. The van der Waals surface area contributed by atoms with Gasteiger partial charge < -0.3 is 107 Å². The van der Waals surface area contributed by atoms with Gasteiger partial charge in [0.05, 0.1) is 19.3 Å². The van der Waals surface area contributed by atoms with Gasteiger partial charge in [-0.05, 0) is 137 Å². The maximum absolute atomic E-state index is 15.2. The van der Waals surface area contributed by atoms with Crippen LogP contribution in [0.15, 0.2) is 152 Å². The van der Waals surface area contributed by atoms with Gasteiger partial charge in [-0.2, -0.15) is 11.8 Å². The molecule has 1 aromatic heterocycles. The van der Waals surface area contributed by atoms with Crippen LogP contribution in [0.4, 0.5) is 0 Å². The summed E-state index contributed by atoms with van der Waals surface area (Å²) < 4.78 is 0. The second-order valence-electron chi connectivity index (χ2n) is 31.2. The number of benzene rings is 5. The molecule has 0 saturated heterocycles. The number of aromatic nitrogens is 1. The zero-order valence-electron chi connectivity index (χ0n) is 71.5. The van der Waals surface area contributed by atoms with Crippen LogP contribution in [0.1, 0.15) is 133 Å². The number of primary amides is 1. The van der Waals surface area contributed by atoms with Gasteiger partial charge in [-0.15, -0.1) is 0 Å². The van der Waals surface area contributed by atoms with Crippen molar-refractivity contribution in [2.24, 2.45) is 29.0 Å². The topological polar surface area (TPSA) is 567 Å². The predicted molar refractivity (Wildman–Crippen MR) is 471 cm³/mol. The van der Waals surface area contributed by atoms with E-state index in [-0.39, 0.29) is 89.1 Å². The predicted octanol–water partition coefficient (Wildman–Crippen LogP) is 0.441. The molecule has 0 bridgehead atoms. The molecule has 35 nitrogen and oxygen atoms in total. The number of unbranched alkanes of at least 4 members (excludes halogenated alkanes) is 2. The highest BCUT2D eigenvalue weighted by molar-refractivity contribution is 7.98. The summed E-state index contributed by atoms with van der Waals surface area (Å²) in [6, 6.07) is 23.5. The molecule has 0 aliphatic rings. The van der Waals surface area contributed by atoms with E-state index in [0.29, 0.717) is 70.2 Å². The maximum Gasteiger partial charge on any atom is 0.303 e. The highest BCUT2D eigenvalue weighted by Crippen LogP contribution is 2.22. The van der Waals surface area contributed by atoms with Crippen LogP contribution in [-0.4, -0.2) is 226 Å². The largest absolute Gasteiger partial charge is 0.481 e. The van der Waals surface area contributed by atoms with Gasteiger partial charge in [0.2, 0.25) is 82.7 Å². The zero-order valence-corrected chi connectivity index (χ0v) is 72.4. The summed E-state index contributed by atoms with van der Waals surface area (Å²) in [5.74, 6) is -13.8. The number of hydrogen-bond acceptors (Lipinski definition) is 20. The first kappa shape index (κ1) is 102. The average molecular weight is 1750 g/mol. The van der Waals surface area contributed by atoms with E-state index in [4.69, 9.17) is 17.2 Å². The minimum Gasteiger partial charge on any atom is -0.481 e. The second kappa shape index (κ2) is 53.8. The van der Waals surface area contributed by atoms with Crippen molar-refractivity contribution in [2.75, 3.05) is 38.2 Å². The number of para-hydroxylation sites is 1. The van der Waals surface area contributed by atoms with Gasteiger partial charge in [-0.25, -0.2) is 0 Å².